The van der Waals surface area contributed by atoms with Gasteiger partial charge in [0, 0.05) is 17.1 Å². The number of benzene rings is 1. The van der Waals surface area contributed by atoms with E-state index in [0.717, 1.165) is 0 Å². The number of nitrogens with one attached hydrogen (secondary N) is 1. The molecule has 2 rings (SSSR count). The minimum atomic E-state index is -0.453. The molecule has 3 N–H and O–H groups in total. The van der Waals surface area contributed by atoms with Gasteiger partial charge in [0.25, 0.3) is 0 Å². The van der Waals surface area contributed by atoms with Gasteiger partial charge >= 0.3 is 5.69 Å². The molecular formula is C14H15ClN4O2. The molecule has 0 saturated heterocycles. The maximum atomic E-state index is 12.0. The molecule has 1 aromatic heterocycles. The Morgan fingerprint density at radius 3 is 2.71 bits per heavy atom. The van der Waals surface area contributed by atoms with Crippen molar-refractivity contribution in [2.45, 2.75) is 20.4 Å². The topological polar surface area (TPSA) is 90.0 Å². The molecule has 1 aromatic carbocycles. The lowest BCUT2D eigenvalue weighted by Crippen LogP contribution is -2.31. The van der Waals surface area contributed by atoms with Gasteiger partial charge in [0.15, 0.2) is 0 Å². The molecule has 0 unspecified atom stereocenters. The van der Waals surface area contributed by atoms with Crippen LogP contribution in [0.5, 0.6) is 0 Å². The Kier molecular flexibility index (Phi) is 4.28. The van der Waals surface area contributed by atoms with Crippen molar-refractivity contribution >= 4 is 28.9 Å². The summed E-state index contributed by atoms with van der Waals surface area (Å²) in [6.07, 6.45) is 0. The molecule has 6 nitrogen and oxygen atoms in total. The summed E-state index contributed by atoms with van der Waals surface area (Å²) in [7, 11) is 0. The van der Waals surface area contributed by atoms with Crippen molar-refractivity contribution in [2.75, 3.05) is 11.1 Å². The van der Waals surface area contributed by atoms with E-state index in [1.807, 2.05) is 0 Å². The first-order valence-corrected chi connectivity index (χ1v) is 6.64. The second-order valence-corrected chi connectivity index (χ2v) is 5.10. The van der Waals surface area contributed by atoms with E-state index in [0.29, 0.717) is 27.8 Å². The molecule has 0 aliphatic heterocycles. The van der Waals surface area contributed by atoms with E-state index >= 15 is 0 Å². The molecule has 0 fully saturated rings. The standard InChI is InChI=1S/C14H15ClN4O2/c1-8-5-9(2)19(14(21)17-8)7-13(20)18-12-4-3-10(16)6-11(12)15/h3-6H,7,16H2,1-2H3,(H,18,20). The summed E-state index contributed by atoms with van der Waals surface area (Å²) in [6, 6.07) is 6.53. The number of aromatic nitrogens is 2. The number of hydrogen-bond acceptors (Lipinski definition) is 4. The summed E-state index contributed by atoms with van der Waals surface area (Å²) in [5, 5.41) is 2.98. The smallest absolute Gasteiger partial charge is 0.348 e. The van der Waals surface area contributed by atoms with Crippen LogP contribution in [-0.2, 0) is 11.3 Å². The van der Waals surface area contributed by atoms with Crippen molar-refractivity contribution in [1.29, 1.82) is 0 Å². The van der Waals surface area contributed by atoms with Crippen LogP contribution in [0.3, 0.4) is 0 Å². The van der Waals surface area contributed by atoms with Crippen LogP contribution in [0.1, 0.15) is 11.4 Å². The zero-order valence-corrected chi connectivity index (χ0v) is 12.4. The summed E-state index contributed by atoms with van der Waals surface area (Å²) in [4.78, 5) is 27.6. The average Bonchev–Trinajstić information content (AvgIpc) is 2.37. The van der Waals surface area contributed by atoms with E-state index in [4.69, 9.17) is 17.3 Å². The van der Waals surface area contributed by atoms with Gasteiger partial charge in [-0.05, 0) is 38.1 Å². The fourth-order valence-corrected chi connectivity index (χ4v) is 2.17. The monoisotopic (exact) mass is 306 g/mol. The molecule has 7 heteroatoms. The van der Waals surface area contributed by atoms with Crippen LogP contribution in [0.15, 0.2) is 29.1 Å². The quantitative estimate of drug-likeness (QED) is 0.845. The largest absolute Gasteiger partial charge is 0.399 e. The Morgan fingerprint density at radius 2 is 2.10 bits per heavy atom. The molecular weight excluding hydrogens is 292 g/mol. The Hall–Kier alpha value is -2.34. The number of nitrogens with zero attached hydrogens (tertiary/aromatic N) is 2. The highest BCUT2D eigenvalue weighted by atomic mass is 35.5. The van der Waals surface area contributed by atoms with Crippen molar-refractivity contribution in [3.8, 4) is 0 Å². The Bertz CT molecular complexity index is 755. The van der Waals surface area contributed by atoms with Gasteiger partial charge in [-0.1, -0.05) is 11.6 Å². The first-order chi connectivity index (χ1) is 9.86. The highest BCUT2D eigenvalue weighted by Crippen LogP contribution is 2.23. The third kappa shape index (κ3) is 3.61. The van der Waals surface area contributed by atoms with Crippen LogP contribution in [0.4, 0.5) is 11.4 Å². The number of anilines is 2. The van der Waals surface area contributed by atoms with Crippen LogP contribution in [-0.4, -0.2) is 15.5 Å². The minimum absolute atomic E-state index is 0.126. The average molecular weight is 307 g/mol. The van der Waals surface area contributed by atoms with E-state index in [9.17, 15) is 9.59 Å². The summed E-state index contributed by atoms with van der Waals surface area (Å²) >= 11 is 5.98. The normalized spacial score (nSPS) is 10.4. The molecule has 0 atom stereocenters. The highest BCUT2D eigenvalue weighted by molar-refractivity contribution is 6.34. The molecule has 0 radical (unpaired) electrons. The van der Waals surface area contributed by atoms with Crippen LogP contribution < -0.4 is 16.7 Å². The minimum Gasteiger partial charge on any atom is -0.399 e. The van der Waals surface area contributed by atoms with Crippen LogP contribution in [0.25, 0.3) is 0 Å². The number of carbonyl (C=O) groups is 1. The third-order valence-electron chi connectivity index (χ3n) is 2.92. The maximum absolute atomic E-state index is 12.0. The lowest BCUT2D eigenvalue weighted by Gasteiger charge is -2.11. The first kappa shape index (κ1) is 15.1. The van der Waals surface area contributed by atoms with Crippen molar-refractivity contribution < 1.29 is 4.79 Å². The Morgan fingerprint density at radius 1 is 1.38 bits per heavy atom. The number of carbonyl (C=O) groups excluding carboxylic acids is 1. The van der Waals surface area contributed by atoms with E-state index < -0.39 is 5.69 Å². The van der Waals surface area contributed by atoms with Gasteiger partial charge in [-0.25, -0.2) is 4.79 Å². The van der Waals surface area contributed by atoms with Crippen molar-refractivity contribution in [2.24, 2.45) is 0 Å². The molecule has 0 spiro atoms. The molecule has 0 aliphatic rings. The van der Waals surface area contributed by atoms with Gasteiger partial charge in [-0.2, -0.15) is 4.98 Å². The van der Waals surface area contributed by atoms with Gasteiger partial charge in [-0.3, -0.25) is 9.36 Å². The van der Waals surface area contributed by atoms with Gasteiger partial charge in [0.05, 0.1) is 10.7 Å². The van der Waals surface area contributed by atoms with E-state index in [1.165, 1.54) is 4.57 Å². The summed E-state index contributed by atoms with van der Waals surface area (Å²) < 4.78 is 1.30. The van der Waals surface area contributed by atoms with Crippen LogP contribution >= 0.6 is 11.6 Å². The summed E-state index contributed by atoms with van der Waals surface area (Å²) in [6.45, 7) is 3.35. The van der Waals surface area contributed by atoms with E-state index in [-0.39, 0.29) is 12.5 Å². The number of aryl methyl sites for hydroxylation is 2. The Labute approximate surface area is 126 Å². The molecule has 110 valence electrons. The van der Waals surface area contributed by atoms with Crippen LogP contribution in [0, 0.1) is 13.8 Å². The molecule has 0 aliphatic carbocycles. The number of rotatable bonds is 3. The van der Waals surface area contributed by atoms with Gasteiger partial charge in [0.1, 0.15) is 6.54 Å². The molecule has 1 amide bonds. The number of halogens is 1. The number of nitrogen functional groups attached to an aromatic ring is 1. The molecule has 0 bridgehead atoms. The van der Waals surface area contributed by atoms with Gasteiger partial charge in [0.2, 0.25) is 5.91 Å². The molecule has 2 aromatic rings. The third-order valence-corrected chi connectivity index (χ3v) is 3.23. The molecule has 1 heterocycles. The summed E-state index contributed by atoms with van der Waals surface area (Å²) in [5.41, 5.74) is 7.38. The SMILES string of the molecule is Cc1cc(C)n(CC(=O)Nc2ccc(N)cc2Cl)c(=O)n1. The second-order valence-electron chi connectivity index (χ2n) is 4.70. The summed E-state index contributed by atoms with van der Waals surface area (Å²) in [5.74, 6) is -0.363. The highest BCUT2D eigenvalue weighted by Gasteiger charge is 2.10. The van der Waals surface area contributed by atoms with Crippen molar-refractivity contribution in [3.05, 3.63) is 51.2 Å². The number of hydrogen-bond donors (Lipinski definition) is 2. The lowest BCUT2D eigenvalue weighted by molar-refractivity contribution is -0.116. The zero-order chi connectivity index (χ0) is 15.6. The van der Waals surface area contributed by atoms with E-state index in [1.54, 1.807) is 38.1 Å². The fraction of sp³-hybridized carbons (Fsp3) is 0.214. The molecule has 21 heavy (non-hydrogen) atoms. The number of nitrogens with two attached hydrogens (primary N) is 1. The lowest BCUT2D eigenvalue weighted by atomic mass is 10.3. The predicted molar refractivity (Wildman–Crippen MR) is 82.5 cm³/mol. The van der Waals surface area contributed by atoms with Gasteiger partial charge in [-0.15, -0.1) is 0 Å². The zero-order valence-electron chi connectivity index (χ0n) is 11.7. The Balaban J connectivity index is 2.18. The van der Waals surface area contributed by atoms with E-state index in [2.05, 4.69) is 10.3 Å². The second kappa shape index (κ2) is 5.97. The maximum Gasteiger partial charge on any atom is 0.348 e. The van der Waals surface area contributed by atoms with Crippen molar-refractivity contribution in [1.82, 2.24) is 9.55 Å². The molecule has 0 saturated carbocycles. The van der Waals surface area contributed by atoms with Crippen LogP contribution in [0.2, 0.25) is 5.02 Å². The van der Waals surface area contributed by atoms with Gasteiger partial charge < -0.3 is 11.1 Å². The number of amides is 1. The first-order valence-electron chi connectivity index (χ1n) is 6.27. The predicted octanol–water partition coefficient (Wildman–Crippen LogP) is 1.73. The van der Waals surface area contributed by atoms with Crippen molar-refractivity contribution in [3.63, 3.8) is 0 Å². The fourth-order valence-electron chi connectivity index (χ4n) is 1.93.